The number of hydrogen-bond donors (Lipinski definition) is 2. The minimum Gasteiger partial charge on any atom is -0.405 e. The summed E-state index contributed by atoms with van der Waals surface area (Å²) < 4.78 is 48.1. The van der Waals surface area contributed by atoms with Crippen LogP contribution >= 0.6 is 0 Å². The number of halogens is 3. The van der Waals surface area contributed by atoms with E-state index in [1.807, 2.05) is 6.92 Å². The molecule has 2 aliphatic rings. The molecule has 2 aromatic rings. The first-order chi connectivity index (χ1) is 15.7. The van der Waals surface area contributed by atoms with Crippen LogP contribution in [0.25, 0.3) is 0 Å². The number of amides is 2. The Hall–Kier alpha value is -3.38. The van der Waals surface area contributed by atoms with Gasteiger partial charge >= 0.3 is 0 Å². The highest BCUT2D eigenvalue weighted by Crippen LogP contribution is 2.29. The molecular weight excluding hydrogens is 445 g/mol. The average Bonchev–Trinajstić information content (AvgIpc) is 2.78. The summed E-state index contributed by atoms with van der Waals surface area (Å²) in [6, 6.07) is 0.952. The molecule has 2 atom stereocenters. The Morgan fingerprint density at radius 2 is 1.97 bits per heavy atom. The molecule has 4 rings (SSSR count). The summed E-state index contributed by atoms with van der Waals surface area (Å²) in [5.74, 6) is -0.263. The Morgan fingerprint density at radius 3 is 2.61 bits per heavy atom. The number of rotatable bonds is 5. The summed E-state index contributed by atoms with van der Waals surface area (Å²) in [5.41, 5.74) is -2.11. The standard InChI is InChI=1S/C21H21F3N4O5/c1-2-11-3-4-28-16(32-11)9-27-8-13(18(29)19(33-25)17(27)21(28)31)20(30)26-7-12-14(23)5-10(22)6-15(12)24/h5-6,8,11,16H,2-4,7,9,25H2,1H3,(H,26,30). The Balaban J connectivity index is 1.65. The highest BCUT2D eigenvalue weighted by Gasteiger charge is 2.40. The molecule has 1 aromatic heterocycles. The molecule has 2 unspecified atom stereocenters. The highest BCUT2D eigenvalue weighted by atomic mass is 19.1. The van der Waals surface area contributed by atoms with Crippen LogP contribution < -0.4 is 21.5 Å². The maximum Gasteiger partial charge on any atom is 0.276 e. The van der Waals surface area contributed by atoms with Gasteiger partial charge in [-0.3, -0.25) is 14.4 Å². The van der Waals surface area contributed by atoms with Crippen LogP contribution in [0.15, 0.2) is 23.1 Å². The molecule has 0 spiro atoms. The molecular formula is C21H21F3N4O5. The van der Waals surface area contributed by atoms with Gasteiger partial charge in [-0.1, -0.05) is 6.92 Å². The van der Waals surface area contributed by atoms with E-state index in [-0.39, 0.29) is 18.3 Å². The SMILES string of the molecule is CCC1CCN2C(=O)c3c(ON)c(=O)c(C(=O)NCc4c(F)cc(F)cc4F)cn3CC2O1. The average molecular weight is 466 g/mol. The van der Waals surface area contributed by atoms with E-state index in [9.17, 15) is 27.6 Å². The lowest BCUT2D eigenvalue weighted by molar-refractivity contribution is -0.134. The summed E-state index contributed by atoms with van der Waals surface area (Å²) in [5, 5.41) is 2.22. The third-order valence-corrected chi connectivity index (χ3v) is 5.79. The number of aromatic nitrogens is 1. The van der Waals surface area contributed by atoms with E-state index in [1.54, 1.807) is 0 Å². The normalized spacial score (nSPS) is 19.7. The van der Waals surface area contributed by atoms with Crippen molar-refractivity contribution in [2.24, 2.45) is 5.90 Å². The van der Waals surface area contributed by atoms with Gasteiger partial charge in [0, 0.05) is 37.0 Å². The lowest BCUT2D eigenvalue weighted by Gasteiger charge is -2.43. The first-order valence-electron chi connectivity index (χ1n) is 10.3. The predicted octanol–water partition coefficient (Wildman–Crippen LogP) is 1.43. The molecule has 176 valence electrons. The van der Waals surface area contributed by atoms with Crippen molar-refractivity contribution in [3.63, 3.8) is 0 Å². The van der Waals surface area contributed by atoms with Crippen molar-refractivity contribution in [1.29, 1.82) is 0 Å². The number of ether oxygens (including phenoxy) is 1. The number of nitrogens with one attached hydrogen (secondary N) is 1. The summed E-state index contributed by atoms with van der Waals surface area (Å²) in [7, 11) is 0. The largest absolute Gasteiger partial charge is 0.405 e. The second-order valence-corrected chi connectivity index (χ2v) is 7.76. The number of fused-ring (bicyclic) bond motifs is 2. The van der Waals surface area contributed by atoms with Gasteiger partial charge in [0.15, 0.2) is 11.9 Å². The van der Waals surface area contributed by atoms with Crippen LogP contribution in [0.1, 0.15) is 46.2 Å². The Kier molecular flexibility index (Phi) is 6.13. The van der Waals surface area contributed by atoms with Crippen LogP contribution in [-0.2, 0) is 17.8 Å². The van der Waals surface area contributed by atoms with E-state index in [0.717, 1.165) is 12.6 Å². The minimum atomic E-state index is -1.19. The maximum absolute atomic E-state index is 13.9. The number of nitrogens with zero attached hydrogens (tertiary/aromatic N) is 2. The number of carbonyl (C=O) groups excluding carboxylic acids is 2. The molecule has 3 N–H and O–H groups in total. The van der Waals surface area contributed by atoms with E-state index in [4.69, 9.17) is 10.6 Å². The second-order valence-electron chi connectivity index (χ2n) is 7.76. The van der Waals surface area contributed by atoms with Crippen LogP contribution in [0.3, 0.4) is 0 Å². The third-order valence-electron chi connectivity index (χ3n) is 5.79. The maximum atomic E-state index is 13.9. The Morgan fingerprint density at radius 1 is 1.27 bits per heavy atom. The van der Waals surface area contributed by atoms with Crippen LogP contribution in [0.4, 0.5) is 13.2 Å². The lowest BCUT2D eigenvalue weighted by atomic mass is 10.1. The van der Waals surface area contributed by atoms with Crippen molar-refractivity contribution in [2.75, 3.05) is 6.54 Å². The quantitative estimate of drug-likeness (QED) is 0.645. The van der Waals surface area contributed by atoms with Gasteiger partial charge < -0.3 is 24.4 Å². The summed E-state index contributed by atoms with van der Waals surface area (Å²) in [6.07, 6.45) is 1.92. The molecule has 0 radical (unpaired) electrons. The topological polar surface area (TPSA) is 116 Å². The zero-order valence-electron chi connectivity index (χ0n) is 17.6. The summed E-state index contributed by atoms with van der Waals surface area (Å²) in [4.78, 5) is 44.7. The van der Waals surface area contributed by atoms with E-state index in [0.29, 0.717) is 25.1 Å². The van der Waals surface area contributed by atoms with Crippen molar-refractivity contribution in [1.82, 2.24) is 14.8 Å². The van der Waals surface area contributed by atoms with Gasteiger partial charge in [-0.2, -0.15) is 5.90 Å². The van der Waals surface area contributed by atoms with Crippen LogP contribution in [0.5, 0.6) is 5.75 Å². The van der Waals surface area contributed by atoms with E-state index >= 15 is 0 Å². The first kappa shape index (κ1) is 22.8. The van der Waals surface area contributed by atoms with Gasteiger partial charge in [0.2, 0.25) is 11.2 Å². The first-order valence-corrected chi connectivity index (χ1v) is 10.3. The number of hydrogen-bond acceptors (Lipinski definition) is 6. The molecule has 1 aromatic carbocycles. The fraction of sp³-hybridized carbons (Fsp3) is 0.381. The fourth-order valence-corrected chi connectivity index (χ4v) is 4.05. The van der Waals surface area contributed by atoms with Crippen LogP contribution in [-0.4, -0.2) is 40.2 Å². The third kappa shape index (κ3) is 4.07. The molecule has 1 fully saturated rings. The number of benzene rings is 1. The monoisotopic (exact) mass is 466 g/mol. The highest BCUT2D eigenvalue weighted by molar-refractivity contribution is 5.99. The molecule has 2 aliphatic heterocycles. The van der Waals surface area contributed by atoms with E-state index in [2.05, 4.69) is 10.2 Å². The smallest absolute Gasteiger partial charge is 0.276 e. The number of nitrogens with two attached hydrogens (primary N) is 1. The van der Waals surface area contributed by atoms with Crippen LogP contribution in [0.2, 0.25) is 0 Å². The van der Waals surface area contributed by atoms with E-state index < -0.39 is 64.3 Å². The van der Waals surface area contributed by atoms with Crippen LogP contribution in [0, 0.1) is 17.5 Å². The fourth-order valence-electron chi connectivity index (χ4n) is 4.05. The van der Waals surface area contributed by atoms with Crippen molar-refractivity contribution >= 4 is 11.8 Å². The summed E-state index contributed by atoms with van der Waals surface area (Å²) in [6.45, 7) is 1.87. The molecule has 0 aliphatic carbocycles. The molecule has 1 saturated heterocycles. The second kappa shape index (κ2) is 8.87. The van der Waals surface area contributed by atoms with Crippen molar-refractivity contribution in [2.45, 2.75) is 45.2 Å². The molecule has 2 amide bonds. The molecule has 0 saturated carbocycles. The van der Waals surface area contributed by atoms with Crippen molar-refractivity contribution in [3.05, 3.63) is 62.8 Å². The molecule has 33 heavy (non-hydrogen) atoms. The molecule has 12 heteroatoms. The van der Waals surface area contributed by atoms with Crippen molar-refractivity contribution in [3.8, 4) is 5.75 Å². The van der Waals surface area contributed by atoms with E-state index in [1.165, 1.54) is 9.47 Å². The van der Waals surface area contributed by atoms with Gasteiger partial charge in [-0.15, -0.1) is 0 Å². The van der Waals surface area contributed by atoms with Crippen molar-refractivity contribution < 1.29 is 32.3 Å². The minimum absolute atomic E-state index is 0.0338. The van der Waals surface area contributed by atoms with Gasteiger partial charge in [0.25, 0.3) is 11.8 Å². The van der Waals surface area contributed by atoms with Gasteiger partial charge in [0.1, 0.15) is 23.0 Å². The van der Waals surface area contributed by atoms with Gasteiger partial charge in [-0.25, -0.2) is 13.2 Å². The summed E-state index contributed by atoms with van der Waals surface area (Å²) >= 11 is 0. The Bertz CT molecular complexity index is 1160. The number of carbonyl (C=O) groups is 2. The van der Waals surface area contributed by atoms with Gasteiger partial charge in [0.05, 0.1) is 12.6 Å². The Labute approximate surface area is 185 Å². The molecule has 0 bridgehead atoms. The molecule has 3 heterocycles. The number of pyridine rings is 1. The lowest BCUT2D eigenvalue weighted by Crippen LogP contribution is -2.55. The zero-order chi connectivity index (χ0) is 23.9. The predicted molar refractivity (Wildman–Crippen MR) is 108 cm³/mol. The van der Waals surface area contributed by atoms with Gasteiger partial charge in [-0.05, 0) is 12.8 Å². The molecule has 9 nitrogen and oxygen atoms in total. The zero-order valence-corrected chi connectivity index (χ0v) is 17.6.